The molecule has 0 spiro atoms. The van der Waals surface area contributed by atoms with Crippen LogP contribution in [0.4, 0.5) is 23.7 Å². The Morgan fingerprint density at radius 2 is 2.12 bits per heavy atom. The number of hydrogen-bond donors (Lipinski definition) is 1. The van der Waals surface area contributed by atoms with E-state index in [1.807, 2.05) is 6.92 Å². The molecule has 0 aromatic heterocycles. The lowest BCUT2D eigenvalue weighted by atomic mass is 10.2. The molecule has 0 bridgehead atoms. The van der Waals surface area contributed by atoms with Gasteiger partial charge >= 0.3 is 12.3 Å². The molecule has 0 aliphatic rings. The highest BCUT2D eigenvalue weighted by molar-refractivity contribution is 9.10. The van der Waals surface area contributed by atoms with Crippen LogP contribution in [-0.2, 0) is 4.74 Å². The molecule has 0 atom stereocenters. The molecule has 7 heteroatoms. The predicted octanol–water partition coefficient (Wildman–Crippen LogP) is 3.87. The summed E-state index contributed by atoms with van der Waals surface area (Å²) in [5.41, 5.74) is 1.30. The first-order chi connectivity index (χ1) is 7.78. The van der Waals surface area contributed by atoms with Crippen LogP contribution in [0.3, 0.4) is 0 Å². The molecule has 1 amide bonds. The Balaban J connectivity index is 2.57. The van der Waals surface area contributed by atoms with Crippen molar-refractivity contribution < 1.29 is 22.7 Å². The van der Waals surface area contributed by atoms with Crippen LogP contribution in [0.25, 0.3) is 0 Å². The fourth-order valence-corrected chi connectivity index (χ4v) is 1.61. The molecule has 0 aliphatic heterocycles. The summed E-state index contributed by atoms with van der Waals surface area (Å²) in [6.07, 6.45) is -5.67. The number of carbonyl (C=O) groups is 1. The Kier molecular flexibility index (Phi) is 4.39. The van der Waals surface area contributed by atoms with Gasteiger partial charge in [0.05, 0.1) is 5.69 Å². The Bertz CT molecular complexity index is 421. The molecule has 0 heterocycles. The standard InChI is InChI=1S/C10H9BrF3NO2/c1-6-2-3-8(7(11)4-6)15-9(16)17-5-10(12,13)14/h2-4H,5H2,1H3,(H,15,16). The van der Waals surface area contributed by atoms with E-state index in [-0.39, 0.29) is 0 Å². The van der Waals surface area contributed by atoms with E-state index in [0.29, 0.717) is 10.2 Å². The predicted molar refractivity (Wildman–Crippen MR) is 59.9 cm³/mol. The van der Waals surface area contributed by atoms with Gasteiger partial charge in [0.1, 0.15) is 0 Å². The molecule has 0 radical (unpaired) electrons. The zero-order chi connectivity index (χ0) is 13.1. The lowest BCUT2D eigenvalue weighted by Crippen LogP contribution is -2.23. The van der Waals surface area contributed by atoms with Gasteiger partial charge in [0, 0.05) is 4.47 Å². The average Bonchev–Trinajstić information content (AvgIpc) is 2.18. The number of halogens is 4. The van der Waals surface area contributed by atoms with Gasteiger partial charge in [-0.1, -0.05) is 6.07 Å². The molecule has 1 aromatic carbocycles. The van der Waals surface area contributed by atoms with Gasteiger partial charge < -0.3 is 4.74 Å². The van der Waals surface area contributed by atoms with Gasteiger partial charge in [0.2, 0.25) is 0 Å². The van der Waals surface area contributed by atoms with Gasteiger partial charge in [-0.2, -0.15) is 13.2 Å². The van der Waals surface area contributed by atoms with Crippen LogP contribution in [0, 0.1) is 6.92 Å². The van der Waals surface area contributed by atoms with Crippen LogP contribution in [-0.4, -0.2) is 18.9 Å². The van der Waals surface area contributed by atoms with E-state index in [1.54, 1.807) is 18.2 Å². The molecule has 1 aromatic rings. The van der Waals surface area contributed by atoms with Gasteiger partial charge in [0.15, 0.2) is 6.61 Å². The molecule has 94 valence electrons. The van der Waals surface area contributed by atoms with E-state index in [0.717, 1.165) is 5.56 Å². The monoisotopic (exact) mass is 311 g/mol. The van der Waals surface area contributed by atoms with Crippen molar-refractivity contribution in [2.45, 2.75) is 13.1 Å². The highest BCUT2D eigenvalue weighted by atomic mass is 79.9. The summed E-state index contributed by atoms with van der Waals surface area (Å²) >= 11 is 3.17. The number of hydrogen-bond acceptors (Lipinski definition) is 2. The first-order valence-electron chi connectivity index (χ1n) is 4.54. The van der Waals surface area contributed by atoms with Crippen LogP contribution in [0.2, 0.25) is 0 Å². The molecule has 0 saturated carbocycles. The highest BCUT2D eigenvalue weighted by Gasteiger charge is 2.29. The van der Waals surface area contributed by atoms with Crippen molar-refractivity contribution in [3.63, 3.8) is 0 Å². The van der Waals surface area contributed by atoms with Crippen molar-refractivity contribution in [3.05, 3.63) is 28.2 Å². The summed E-state index contributed by atoms with van der Waals surface area (Å²) in [6, 6.07) is 5.00. The second-order valence-electron chi connectivity index (χ2n) is 3.30. The fourth-order valence-electron chi connectivity index (χ4n) is 1.01. The number of ether oxygens (including phenoxy) is 1. The molecular formula is C10H9BrF3NO2. The third kappa shape index (κ3) is 5.08. The van der Waals surface area contributed by atoms with Crippen LogP contribution in [0.5, 0.6) is 0 Å². The summed E-state index contributed by atoms with van der Waals surface area (Å²) in [7, 11) is 0. The van der Waals surface area contributed by atoms with Crippen molar-refractivity contribution in [2.75, 3.05) is 11.9 Å². The minimum atomic E-state index is -4.53. The molecule has 3 nitrogen and oxygen atoms in total. The summed E-state index contributed by atoms with van der Waals surface area (Å²) in [5, 5.41) is 2.20. The number of alkyl halides is 3. The zero-order valence-corrected chi connectivity index (χ0v) is 10.4. The number of carbonyl (C=O) groups excluding carboxylic acids is 1. The first-order valence-corrected chi connectivity index (χ1v) is 5.34. The van der Waals surface area contributed by atoms with E-state index < -0.39 is 18.9 Å². The normalized spacial score (nSPS) is 11.1. The van der Waals surface area contributed by atoms with Crippen LogP contribution < -0.4 is 5.32 Å². The zero-order valence-electron chi connectivity index (χ0n) is 8.77. The molecular weight excluding hydrogens is 303 g/mol. The molecule has 1 rings (SSSR count). The number of rotatable bonds is 2. The van der Waals surface area contributed by atoms with E-state index in [2.05, 4.69) is 26.0 Å². The summed E-state index contributed by atoms with van der Waals surface area (Å²) in [4.78, 5) is 11.0. The van der Waals surface area contributed by atoms with E-state index in [4.69, 9.17) is 0 Å². The smallest absolute Gasteiger partial charge is 0.422 e. The second-order valence-corrected chi connectivity index (χ2v) is 4.15. The van der Waals surface area contributed by atoms with E-state index >= 15 is 0 Å². The van der Waals surface area contributed by atoms with Gasteiger partial charge in [0.25, 0.3) is 0 Å². The largest absolute Gasteiger partial charge is 0.440 e. The van der Waals surface area contributed by atoms with Gasteiger partial charge in [-0.25, -0.2) is 4.79 Å². The topological polar surface area (TPSA) is 38.3 Å². The van der Waals surface area contributed by atoms with Gasteiger partial charge in [-0.15, -0.1) is 0 Å². The lowest BCUT2D eigenvalue weighted by Gasteiger charge is -2.10. The number of aryl methyl sites for hydroxylation is 1. The number of nitrogens with one attached hydrogen (secondary N) is 1. The summed E-state index contributed by atoms with van der Waals surface area (Å²) in [5.74, 6) is 0. The van der Waals surface area contributed by atoms with Crippen molar-refractivity contribution in [1.82, 2.24) is 0 Å². The Labute approximate surface area is 104 Å². The van der Waals surface area contributed by atoms with Crippen molar-refractivity contribution in [2.24, 2.45) is 0 Å². The highest BCUT2D eigenvalue weighted by Crippen LogP contribution is 2.23. The number of benzene rings is 1. The Morgan fingerprint density at radius 3 is 2.65 bits per heavy atom. The third-order valence-electron chi connectivity index (χ3n) is 1.73. The SMILES string of the molecule is Cc1ccc(NC(=O)OCC(F)(F)F)c(Br)c1. The van der Waals surface area contributed by atoms with Crippen LogP contribution in [0.15, 0.2) is 22.7 Å². The minimum absolute atomic E-state index is 0.350. The van der Waals surface area contributed by atoms with Gasteiger partial charge in [-0.05, 0) is 40.5 Å². The average molecular weight is 312 g/mol. The van der Waals surface area contributed by atoms with Gasteiger partial charge in [-0.3, -0.25) is 5.32 Å². The molecule has 0 unspecified atom stereocenters. The Hall–Kier alpha value is -1.24. The van der Waals surface area contributed by atoms with E-state index in [9.17, 15) is 18.0 Å². The maximum atomic E-state index is 11.8. The minimum Gasteiger partial charge on any atom is -0.440 e. The summed E-state index contributed by atoms with van der Waals surface area (Å²) < 4.78 is 39.9. The molecule has 0 aliphatic carbocycles. The summed E-state index contributed by atoms with van der Waals surface area (Å²) in [6.45, 7) is 0.235. The first kappa shape index (κ1) is 13.8. The second kappa shape index (κ2) is 5.39. The molecule has 1 N–H and O–H groups in total. The van der Waals surface area contributed by atoms with Crippen molar-refractivity contribution in [1.29, 1.82) is 0 Å². The third-order valence-corrected chi connectivity index (χ3v) is 2.38. The lowest BCUT2D eigenvalue weighted by molar-refractivity contribution is -0.159. The van der Waals surface area contributed by atoms with Crippen LogP contribution >= 0.6 is 15.9 Å². The molecule has 0 fully saturated rings. The van der Waals surface area contributed by atoms with Crippen molar-refractivity contribution >= 4 is 27.7 Å². The fraction of sp³-hybridized carbons (Fsp3) is 0.300. The van der Waals surface area contributed by atoms with Crippen LogP contribution in [0.1, 0.15) is 5.56 Å². The van der Waals surface area contributed by atoms with Crippen molar-refractivity contribution in [3.8, 4) is 0 Å². The molecule has 0 saturated heterocycles. The maximum absolute atomic E-state index is 11.8. The number of anilines is 1. The maximum Gasteiger partial charge on any atom is 0.422 e. The number of amides is 1. The quantitative estimate of drug-likeness (QED) is 0.900. The molecule has 17 heavy (non-hydrogen) atoms. The van der Waals surface area contributed by atoms with E-state index in [1.165, 1.54) is 0 Å². The Morgan fingerprint density at radius 1 is 1.47 bits per heavy atom.